The Morgan fingerprint density at radius 2 is 1.65 bits per heavy atom. The summed E-state index contributed by atoms with van der Waals surface area (Å²) in [4.78, 5) is 10.0. The molecule has 0 unspecified atom stereocenters. The minimum Gasteiger partial charge on any atom is -0.258 e. The monoisotopic (exact) mass is 342 g/mol. The Labute approximate surface area is 138 Å². The number of nitro benzene ring substituents is 1. The van der Waals surface area contributed by atoms with Crippen molar-refractivity contribution in [3.05, 3.63) is 34.4 Å². The summed E-state index contributed by atoms with van der Waals surface area (Å²) in [5.41, 5.74) is -0.222. The summed E-state index contributed by atoms with van der Waals surface area (Å²) in [5, 5.41) is 10.7. The summed E-state index contributed by atoms with van der Waals surface area (Å²) in [6, 6.07) is 5.10. The molecular formula is C16H26N2O4S. The Morgan fingerprint density at radius 1 is 1.04 bits per heavy atom. The van der Waals surface area contributed by atoms with Gasteiger partial charge in [-0.15, -0.1) is 0 Å². The van der Waals surface area contributed by atoms with Crippen LogP contribution in [0.5, 0.6) is 0 Å². The average molecular weight is 342 g/mol. The van der Waals surface area contributed by atoms with E-state index in [1.165, 1.54) is 50.3 Å². The van der Waals surface area contributed by atoms with E-state index < -0.39 is 14.9 Å². The van der Waals surface area contributed by atoms with Crippen molar-refractivity contribution in [3.8, 4) is 0 Å². The lowest BCUT2D eigenvalue weighted by Gasteiger charge is -2.06. The zero-order chi connectivity index (χ0) is 17.1. The van der Waals surface area contributed by atoms with E-state index in [1.54, 1.807) is 0 Å². The molecule has 0 fully saturated rings. The molecule has 0 bridgehead atoms. The predicted octanol–water partition coefficient (Wildman–Crippen LogP) is 4.01. The van der Waals surface area contributed by atoms with Crippen LogP contribution in [0.2, 0.25) is 0 Å². The average Bonchev–Trinajstić information content (AvgIpc) is 2.53. The van der Waals surface area contributed by atoms with Crippen LogP contribution < -0.4 is 4.72 Å². The first kappa shape index (κ1) is 19.6. The quantitative estimate of drug-likeness (QED) is 0.353. The maximum absolute atomic E-state index is 12.1. The molecular weight excluding hydrogens is 316 g/mol. The number of benzene rings is 1. The standard InChI is InChI=1S/C16H26N2O4S/c1-2-3-4-5-6-7-8-9-13-17-23(21,22)16-12-10-11-15(14-16)18(19)20/h10-12,14,17H,2-9,13H2,1H3. The number of nitrogens with one attached hydrogen (secondary N) is 1. The predicted molar refractivity (Wildman–Crippen MR) is 90.9 cm³/mol. The van der Waals surface area contributed by atoms with E-state index in [1.807, 2.05) is 0 Å². The summed E-state index contributed by atoms with van der Waals surface area (Å²) in [6.45, 7) is 2.55. The van der Waals surface area contributed by atoms with Crippen LogP contribution in [0.4, 0.5) is 5.69 Å². The first-order valence-corrected chi connectivity index (χ1v) is 9.70. The summed E-state index contributed by atoms with van der Waals surface area (Å²) < 4.78 is 26.7. The van der Waals surface area contributed by atoms with Crippen LogP contribution in [0.1, 0.15) is 58.3 Å². The third-order valence-corrected chi connectivity index (χ3v) is 5.12. The molecule has 0 saturated heterocycles. The number of rotatable bonds is 12. The lowest BCUT2D eigenvalue weighted by atomic mass is 10.1. The van der Waals surface area contributed by atoms with E-state index in [-0.39, 0.29) is 10.6 Å². The molecule has 0 spiro atoms. The Bertz CT molecular complexity index is 587. The van der Waals surface area contributed by atoms with Crippen LogP contribution in [0.3, 0.4) is 0 Å². The van der Waals surface area contributed by atoms with Gasteiger partial charge in [0, 0.05) is 18.7 Å². The Hall–Kier alpha value is -1.47. The molecule has 1 N–H and O–H groups in total. The number of hydrogen-bond acceptors (Lipinski definition) is 4. The molecule has 0 aliphatic heterocycles. The molecule has 6 nitrogen and oxygen atoms in total. The van der Waals surface area contributed by atoms with Gasteiger partial charge in [-0.3, -0.25) is 10.1 Å². The van der Waals surface area contributed by atoms with Gasteiger partial charge in [-0.1, -0.05) is 57.9 Å². The maximum Gasteiger partial charge on any atom is 0.270 e. The van der Waals surface area contributed by atoms with Gasteiger partial charge in [-0.2, -0.15) is 0 Å². The minimum absolute atomic E-state index is 0.0636. The van der Waals surface area contributed by atoms with E-state index in [9.17, 15) is 18.5 Å². The fourth-order valence-corrected chi connectivity index (χ4v) is 3.43. The van der Waals surface area contributed by atoms with Gasteiger partial charge in [0.2, 0.25) is 10.0 Å². The topological polar surface area (TPSA) is 89.3 Å². The number of nitro groups is 1. The normalized spacial score (nSPS) is 11.5. The molecule has 1 aromatic carbocycles. The number of unbranched alkanes of at least 4 members (excludes halogenated alkanes) is 7. The minimum atomic E-state index is -3.68. The van der Waals surface area contributed by atoms with Gasteiger partial charge in [-0.25, -0.2) is 13.1 Å². The van der Waals surface area contributed by atoms with Gasteiger partial charge in [0.15, 0.2) is 0 Å². The third-order valence-electron chi connectivity index (χ3n) is 3.66. The fraction of sp³-hybridized carbons (Fsp3) is 0.625. The summed E-state index contributed by atoms with van der Waals surface area (Å²) in [5.74, 6) is 0. The van der Waals surface area contributed by atoms with E-state index in [0.29, 0.717) is 6.54 Å². The van der Waals surface area contributed by atoms with E-state index >= 15 is 0 Å². The van der Waals surface area contributed by atoms with Gasteiger partial charge in [0.25, 0.3) is 5.69 Å². The lowest BCUT2D eigenvalue weighted by molar-refractivity contribution is -0.385. The third kappa shape index (κ3) is 7.56. The molecule has 7 heteroatoms. The van der Waals surface area contributed by atoms with Gasteiger partial charge in [0.05, 0.1) is 9.82 Å². The smallest absolute Gasteiger partial charge is 0.258 e. The molecule has 0 radical (unpaired) electrons. The van der Waals surface area contributed by atoms with Crippen LogP contribution in [0.15, 0.2) is 29.2 Å². The number of sulfonamides is 1. The van der Waals surface area contributed by atoms with E-state index in [0.717, 1.165) is 25.3 Å². The van der Waals surface area contributed by atoms with E-state index in [2.05, 4.69) is 11.6 Å². The summed E-state index contributed by atoms with van der Waals surface area (Å²) in [7, 11) is -3.68. The molecule has 23 heavy (non-hydrogen) atoms. The molecule has 0 aliphatic rings. The Morgan fingerprint density at radius 3 is 2.26 bits per heavy atom. The first-order chi connectivity index (χ1) is 11.0. The second-order valence-corrected chi connectivity index (χ2v) is 7.39. The highest BCUT2D eigenvalue weighted by Gasteiger charge is 2.16. The van der Waals surface area contributed by atoms with Gasteiger partial charge in [-0.05, 0) is 12.5 Å². The van der Waals surface area contributed by atoms with Crippen LogP contribution in [0.25, 0.3) is 0 Å². The van der Waals surface area contributed by atoms with Crippen molar-refractivity contribution in [3.63, 3.8) is 0 Å². The second-order valence-electron chi connectivity index (χ2n) is 5.63. The van der Waals surface area contributed by atoms with Crippen molar-refractivity contribution in [1.82, 2.24) is 4.72 Å². The number of hydrogen-bond donors (Lipinski definition) is 1. The highest BCUT2D eigenvalue weighted by Crippen LogP contribution is 2.17. The lowest BCUT2D eigenvalue weighted by Crippen LogP contribution is -2.24. The molecule has 0 aromatic heterocycles. The summed E-state index contributed by atoms with van der Waals surface area (Å²) >= 11 is 0. The van der Waals surface area contributed by atoms with Crippen molar-refractivity contribution >= 4 is 15.7 Å². The SMILES string of the molecule is CCCCCCCCCCNS(=O)(=O)c1cccc([N+](=O)[O-])c1. The summed E-state index contributed by atoms with van der Waals surface area (Å²) in [6.07, 6.45) is 9.11. The highest BCUT2D eigenvalue weighted by atomic mass is 32.2. The highest BCUT2D eigenvalue weighted by molar-refractivity contribution is 7.89. The Kier molecular flexibility index (Phi) is 8.79. The van der Waals surface area contributed by atoms with Crippen LogP contribution >= 0.6 is 0 Å². The van der Waals surface area contributed by atoms with Gasteiger partial charge < -0.3 is 0 Å². The zero-order valence-electron chi connectivity index (χ0n) is 13.7. The van der Waals surface area contributed by atoms with Crippen LogP contribution in [-0.4, -0.2) is 19.9 Å². The largest absolute Gasteiger partial charge is 0.270 e. The second kappa shape index (κ2) is 10.3. The van der Waals surface area contributed by atoms with E-state index in [4.69, 9.17) is 0 Å². The molecule has 0 saturated carbocycles. The Balaban J connectivity index is 2.31. The number of non-ortho nitro benzene ring substituents is 1. The molecule has 130 valence electrons. The number of nitrogens with zero attached hydrogens (tertiary/aromatic N) is 1. The van der Waals surface area contributed by atoms with Crippen molar-refractivity contribution in [1.29, 1.82) is 0 Å². The first-order valence-electron chi connectivity index (χ1n) is 8.21. The van der Waals surface area contributed by atoms with Crippen molar-refractivity contribution in [2.24, 2.45) is 0 Å². The van der Waals surface area contributed by atoms with Gasteiger partial charge in [0.1, 0.15) is 0 Å². The maximum atomic E-state index is 12.1. The molecule has 1 rings (SSSR count). The fourth-order valence-electron chi connectivity index (χ4n) is 2.31. The molecule has 0 aliphatic carbocycles. The molecule has 0 heterocycles. The van der Waals surface area contributed by atoms with Crippen molar-refractivity contribution in [2.75, 3.05) is 6.54 Å². The van der Waals surface area contributed by atoms with Crippen LogP contribution in [0, 0.1) is 10.1 Å². The zero-order valence-corrected chi connectivity index (χ0v) is 14.5. The molecule has 1 aromatic rings. The molecule has 0 atom stereocenters. The van der Waals surface area contributed by atoms with Crippen LogP contribution in [-0.2, 0) is 10.0 Å². The van der Waals surface area contributed by atoms with Gasteiger partial charge >= 0.3 is 0 Å². The molecule has 0 amide bonds. The van der Waals surface area contributed by atoms with Crippen molar-refractivity contribution in [2.45, 2.75) is 63.2 Å². The van der Waals surface area contributed by atoms with Crippen molar-refractivity contribution < 1.29 is 13.3 Å².